The van der Waals surface area contributed by atoms with Gasteiger partial charge in [-0.25, -0.2) is 9.78 Å². The number of carbonyl (C=O) groups excluding carboxylic acids is 1. The van der Waals surface area contributed by atoms with Crippen molar-refractivity contribution in [3.05, 3.63) is 14.5 Å². The zero-order valence-electron chi connectivity index (χ0n) is 5.38. The summed E-state index contributed by atoms with van der Waals surface area (Å²) in [7, 11) is 0. The van der Waals surface area contributed by atoms with Crippen LogP contribution in [0.1, 0.15) is 9.67 Å². The predicted molar refractivity (Wildman–Crippen MR) is 44.1 cm³/mol. The monoisotopic (exact) mass is 225 g/mol. The minimum absolute atomic E-state index is 0.0459. The maximum absolute atomic E-state index is 10.8. The van der Waals surface area contributed by atoms with Gasteiger partial charge in [0.2, 0.25) is 0 Å². The number of nitrogens with zero attached hydrogens (tertiary/aromatic N) is 1. The lowest BCUT2D eigenvalue weighted by molar-refractivity contribution is -0.131. The Bertz CT molecular complexity index is 348. The number of carboxylic acid groups (broad SMARTS) is 1. The van der Waals surface area contributed by atoms with Crippen LogP contribution in [0, 0.1) is 0 Å². The second-order valence-electron chi connectivity index (χ2n) is 1.72. The zero-order chi connectivity index (χ0) is 9.30. The molecule has 0 spiro atoms. The predicted octanol–water partition coefficient (Wildman–Crippen LogP) is 1.72. The van der Waals surface area contributed by atoms with Gasteiger partial charge in [0.25, 0.3) is 5.78 Å². The van der Waals surface area contributed by atoms with Crippen LogP contribution in [0.15, 0.2) is 0 Å². The molecule has 0 aliphatic carbocycles. The summed E-state index contributed by atoms with van der Waals surface area (Å²) in [6.07, 6.45) is 0. The molecule has 1 N–H and O–H groups in total. The van der Waals surface area contributed by atoms with Gasteiger partial charge in [-0.2, -0.15) is 0 Å². The van der Waals surface area contributed by atoms with Gasteiger partial charge in [-0.3, -0.25) is 4.79 Å². The Morgan fingerprint density at radius 1 is 1.42 bits per heavy atom. The average molecular weight is 226 g/mol. The molecule has 1 aromatic rings. The lowest BCUT2D eigenvalue weighted by Crippen LogP contribution is -2.11. The molecule has 0 amide bonds. The van der Waals surface area contributed by atoms with Gasteiger partial charge in [0.05, 0.1) is 0 Å². The molecule has 1 rings (SSSR count). The zero-order valence-corrected chi connectivity index (χ0v) is 7.70. The minimum Gasteiger partial charge on any atom is -0.475 e. The summed E-state index contributed by atoms with van der Waals surface area (Å²) >= 11 is 11.5. The summed E-state index contributed by atoms with van der Waals surface area (Å²) in [5.74, 6) is -2.67. The van der Waals surface area contributed by atoms with Gasteiger partial charge in [0, 0.05) is 0 Å². The van der Waals surface area contributed by atoms with Crippen molar-refractivity contribution in [2.45, 2.75) is 0 Å². The molecule has 0 saturated heterocycles. The standard InChI is InChI=1S/C5HCl2NO3S/c6-3-2(1(9)4(10)11)12-5(7)8-3/h(H,10,11). The Hall–Kier alpha value is -0.650. The molecule has 64 valence electrons. The van der Waals surface area contributed by atoms with Gasteiger partial charge in [-0.05, 0) is 0 Å². The topological polar surface area (TPSA) is 67.3 Å². The molecule has 0 fully saturated rings. The Morgan fingerprint density at radius 3 is 2.33 bits per heavy atom. The molecule has 0 bridgehead atoms. The molecule has 12 heavy (non-hydrogen) atoms. The summed E-state index contributed by atoms with van der Waals surface area (Å²) in [6.45, 7) is 0. The lowest BCUT2D eigenvalue weighted by Gasteiger charge is -1.87. The fraction of sp³-hybridized carbons (Fsp3) is 0. The fourth-order valence-electron chi connectivity index (χ4n) is 0.514. The number of carbonyl (C=O) groups is 2. The van der Waals surface area contributed by atoms with Crippen LogP contribution in [0.5, 0.6) is 0 Å². The number of Topliss-reactive ketones (excluding diaryl/α,β-unsaturated/α-hetero) is 1. The summed E-state index contributed by atoms with van der Waals surface area (Å²) in [6, 6.07) is 0. The largest absolute Gasteiger partial charge is 0.475 e. The molecule has 0 aromatic carbocycles. The summed E-state index contributed by atoms with van der Waals surface area (Å²) < 4.78 is 0.0459. The number of thiazole rings is 1. The van der Waals surface area contributed by atoms with Crippen LogP contribution < -0.4 is 0 Å². The third kappa shape index (κ3) is 1.74. The van der Waals surface area contributed by atoms with E-state index in [1.165, 1.54) is 0 Å². The van der Waals surface area contributed by atoms with E-state index in [0.717, 1.165) is 11.3 Å². The SMILES string of the molecule is O=C(O)C(=O)c1sc(Cl)nc1Cl. The number of ketones is 1. The molecule has 0 aliphatic heterocycles. The highest BCUT2D eigenvalue weighted by Gasteiger charge is 2.21. The van der Waals surface area contributed by atoms with Gasteiger partial charge < -0.3 is 5.11 Å². The van der Waals surface area contributed by atoms with Crippen molar-refractivity contribution in [1.29, 1.82) is 0 Å². The third-order valence-corrected chi connectivity index (χ3v) is 2.50. The van der Waals surface area contributed by atoms with Crippen LogP contribution in [0.3, 0.4) is 0 Å². The van der Waals surface area contributed by atoms with E-state index in [0.29, 0.717) is 0 Å². The number of hydrogen-bond donors (Lipinski definition) is 1. The van der Waals surface area contributed by atoms with Crippen LogP contribution in [0.25, 0.3) is 0 Å². The number of halogens is 2. The minimum atomic E-state index is -1.57. The van der Waals surface area contributed by atoms with E-state index >= 15 is 0 Å². The van der Waals surface area contributed by atoms with Crippen molar-refractivity contribution in [2.24, 2.45) is 0 Å². The number of aromatic nitrogens is 1. The molecule has 1 heterocycles. The number of carboxylic acids is 1. The van der Waals surface area contributed by atoms with E-state index < -0.39 is 11.8 Å². The van der Waals surface area contributed by atoms with Gasteiger partial charge in [-0.1, -0.05) is 34.5 Å². The first-order chi connectivity index (χ1) is 5.52. The molecular formula is C5HCl2NO3S. The summed E-state index contributed by atoms with van der Waals surface area (Å²) in [5, 5.41) is 8.13. The Balaban J connectivity index is 3.11. The van der Waals surface area contributed by atoms with E-state index in [9.17, 15) is 9.59 Å². The first-order valence-electron chi connectivity index (χ1n) is 2.62. The van der Waals surface area contributed by atoms with Crippen LogP contribution in [-0.4, -0.2) is 21.8 Å². The molecular weight excluding hydrogens is 225 g/mol. The molecule has 1 aromatic heterocycles. The smallest absolute Gasteiger partial charge is 0.378 e. The second-order valence-corrected chi connectivity index (χ2v) is 3.66. The second kappa shape index (κ2) is 3.38. The maximum atomic E-state index is 10.8. The molecule has 7 heteroatoms. The highest BCUT2D eigenvalue weighted by atomic mass is 35.5. The van der Waals surface area contributed by atoms with Gasteiger partial charge in [-0.15, -0.1) is 0 Å². The number of hydrogen-bond acceptors (Lipinski definition) is 4. The van der Waals surface area contributed by atoms with E-state index in [4.69, 9.17) is 28.3 Å². The van der Waals surface area contributed by atoms with E-state index in [1.54, 1.807) is 0 Å². The van der Waals surface area contributed by atoms with Gasteiger partial charge in [0.15, 0.2) is 9.62 Å². The molecule has 4 nitrogen and oxygen atoms in total. The van der Waals surface area contributed by atoms with Crippen LogP contribution in [0.2, 0.25) is 9.62 Å². The van der Waals surface area contributed by atoms with E-state index in [1.807, 2.05) is 0 Å². The maximum Gasteiger partial charge on any atom is 0.378 e. The van der Waals surface area contributed by atoms with Crippen molar-refractivity contribution < 1.29 is 14.7 Å². The average Bonchev–Trinajstić information content (AvgIpc) is 2.28. The van der Waals surface area contributed by atoms with Crippen molar-refractivity contribution >= 4 is 46.3 Å². The summed E-state index contributed by atoms with van der Waals surface area (Å²) in [4.78, 5) is 24.3. The normalized spacial score (nSPS) is 9.83. The Labute approximate surface area is 80.7 Å². The Kier molecular flexibility index (Phi) is 2.66. The van der Waals surface area contributed by atoms with Crippen molar-refractivity contribution in [3.63, 3.8) is 0 Å². The molecule has 0 unspecified atom stereocenters. The van der Waals surface area contributed by atoms with Crippen LogP contribution >= 0.6 is 34.5 Å². The molecule has 0 aliphatic rings. The highest BCUT2D eigenvalue weighted by Crippen LogP contribution is 2.26. The Morgan fingerprint density at radius 2 is 2.00 bits per heavy atom. The van der Waals surface area contributed by atoms with Gasteiger partial charge in [0.1, 0.15) is 4.88 Å². The van der Waals surface area contributed by atoms with Gasteiger partial charge >= 0.3 is 5.97 Å². The number of aliphatic carboxylic acids is 1. The number of rotatable bonds is 2. The first-order valence-corrected chi connectivity index (χ1v) is 4.19. The molecule has 0 saturated carbocycles. The quantitative estimate of drug-likeness (QED) is 0.615. The molecule has 0 radical (unpaired) electrons. The summed E-state index contributed by atoms with van der Waals surface area (Å²) in [5.41, 5.74) is 0. The van der Waals surface area contributed by atoms with Crippen molar-refractivity contribution in [3.8, 4) is 0 Å². The van der Waals surface area contributed by atoms with E-state index in [-0.39, 0.29) is 14.5 Å². The highest BCUT2D eigenvalue weighted by molar-refractivity contribution is 7.18. The molecule has 0 atom stereocenters. The van der Waals surface area contributed by atoms with Crippen LogP contribution in [-0.2, 0) is 4.79 Å². The van der Waals surface area contributed by atoms with Crippen LogP contribution in [0.4, 0.5) is 0 Å². The third-order valence-electron chi connectivity index (χ3n) is 0.960. The first kappa shape index (κ1) is 9.44. The van der Waals surface area contributed by atoms with E-state index in [2.05, 4.69) is 4.98 Å². The van der Waals surface area contributed by atoms with Crippen molar-refractivity contribution in [2.75, 3.05) is 0 Å². The lowest BCUT2D eigenvalue weighted by atomic mass is 10.3. The van der Waals surface area contributed by atoms with Crippen molar-refractivity contribution in [1.82, 2.24) is 4.98 Å². The fourth-order valence-corrected chi connectivity index (χ4v) is 1.82.